The van der Waals surface area contributed by atoms with Gasteiger partial charge < -0.3 is 9.90 Å². The van der Waals surface area contributed by atoms with Gasteiger partial charge in [-0.15, -0.1) is 0 Å². The van der Waals surface area contributed by atoms with Crippen LogP contribution in [0.1, 0.15) is 20.8 Å². The summed E-state index contributed by atoms with van der Waals surface area (Å²) >= 11 is 1.46. The Bertz CT molecular complexity index is 67.5. The van der Waals surface area contributed by atoms with Gasteiger partial charge in [0.15, 0.2) is 0 Å². The summed E-state index contributed by atoms with van der Waals surface area (Å²) in [7, 11) is 0. The molecule has 0 atom stereocenters. The summed E-state index contributed by atoms with van der Waals surface area (Å²) in [5, 5.41) is 10.3. The first-order valence-corrected chi connectivity index (χ1v) is 5.07. The van der Waals surface area contributed by atoms with E-state index in [1.54, 1.807) is 0 Å². The number of hydrogen-bond acceptors (Lipinski definition) is 2. The van der Waals surface area contributed by atoms with Gasteiger partial charge >= 0.3 is 43.1 Å². The fraction of sp³-hybridized carbons (Fsp3) is 0.833. The Balaban J connectivity index is 0. The van der Waals surface area contributed by atoms with Gasteiger partial charge in [-0.1, -0.05) is 0 Å². The Hall–Kier alpha value is 0.0934. The SMILES string of the molecule is CC(=O)[O-].CC(C)[CH2][Zn+]. The van der Waals surface area contributed by atoms with Crippen molar-refractivity contribution in [3.63, 3.8) is 0 Å². The number of carbonyl (C=O) groups is 1. The molecule has 50 valence electrons. The predicted octanol–water partition coefficient (Wildman–Crippen LogP) is 0.364. The van der Waals surface area contributed by atoms with Crippen LogP contribution in [0, 0.1) is 5.92 Å². The third-order valence-corrected chi connectivity index (χ3v) is 3.00. The van der Waals surface area contributed by atoms with Gasteiger partial charge in [0.05, 0.1) is 0 Å². The van der Waals surface area contributed by atoms with Gasteiger partial charge in [0.2, 0.25) is 0 Å². The van der Waals surface area contributed by atoms with Crippen molar-refractivity contribution in [2.24, 2.45) is 5.92 Å². The second-order valence-electron chi connectivity index (χ2n) is 2.17. The van der Waals surface area contributed by atoms with Crippen LogP contribution in [0.2, 0.25) is 5.02 Å². The van der Waals surface area contributed by atoms with Crippen LogP contribution in [-0.2, 0) is 23.1 Å². The summed E-state index contributed by atoms with van der Waals surface area (Å²) in [5.74, 6) is -0.144. The van der Waals surface area contributed by atoms with Crippen LogP contribution in [0.4, 0.5) is 0 Å². The van der Waals surface area contributed by atoms with Crippen LogP contribution < -0.4 is 5.11 Å². The van der Waals surface area contributed by atoms with Crippen molar-refractivity contribution < 1.29 is 28.2 Å². The molecule has 0 aliphatic carbocycles. The van der Waals surface area contributed by atoms with E-state index in [0.29, 0.717) is 0 Å². The molecule has 0 unspecified atom stereocenters. The standard InChI is InChI=1S/C4H9.C2H4O2.Zn/c1-4(2)3;1-2(3)4;/h4H,1H2,2-3H3;1H3,(H,3,4);/q;;+1/p-1. The van der Waals surface area contributed by atoms with Crippen molar-refractivity contribution in [3.8, 4) is 0 Å². The Morgan fingerprint density at radius 1 is 1.67 bits per heavy atom. The molecule has 9 heavy (non-hydrogen) atoms. The van der Waals surface area contributed by atoms with Crippen molar-refractivity contribution >= 4 is 5.97 Å². The Labute approximate surface area is 66.3 Å². The van der Waals surface area contributed by atoms with E-state index in [1.807, 2.05) is 0 Å². The third-order valence-electron chi connectivity index (χ3n) is 0.577. The van der Waals surface area contributed by atoms with E-state index in [0.717, 1.165) is 12.8 Å². The zero-order valence-electron chi connectivity index (χ0n) is 6.31. The molecule has 0 bridgehead atoms. The topological polar surface area (TPSA) is 40.1 Å². The molecular weight excluding hydrogens is 169 g/mol. The first-order valence-electron chi connectivity index (χ1n) is 2.97. The monoisotopic (exact) mass is 180 g/mol. The van der Waals surface area contributed by atoms with Gasteiger partial charge in [0.1, 0.15) is 0 Å². The van der Waals surface area contributed by atoms with Gasteiger partial charge in [-0.05, 0) is 6.92 Å². The molecule has 0 rings (SSSR count). The molecule has 0 aromatic rings. The van der Waals surface area contributed by atoms with Gasteiger partial charge in [-0.25, -0.2) is 0 Å². The maximum atomic E-state index is 8.89. The van der Waals surface area contributed by atoms with Gasteiger partial charge in [0.25, 0.3) is 0 Å². The summed E-state index contributed by atoms with van der Waals surface area (Å²) in [6, 6.07) is 0. The summed E-state index contributed by atoms with van der Waals surface area (Å²) < 4.78 is 0. The molecule has 0 aromatic carbocycles. The van der Waals surface area contributed by atoms with Crippen LogP contribution in [0.3, 0.4) is 0 Å². The molecule has 0 saturated heterocycles. The summed E-state index contributed by atoms with van der Waals surface area (Å²) in [4.78, 5) is 8.89. The summed E-state index contributed by atoms with van der Waals surface area (Å²) in [6.45, 7) is 5.48. The number of carboxylic acids is 1. The van der Waals surface area contributed by atoms with E-state index in [9.17, 15) is 0 Å². The predicted molar refractivity (Wildman–Crippen MR) is 30.3 cm³/mol. The number of carbonyl (C=O) groups excluding carboxylic acids is 1. The third kappa shape index (κ3) is 68.6. The molecule has 0 fully saturated rings. The first kappa shape index (κ1) is 11.8. The first-order chi connectivity index (χ1) is 4.00. The minimum absolute atomic E-state index is 0.940. The van der Waals surface area contributed by atoms with Crippen molar-refractivity contribution in [1.82, 2.24) is 0 Å². The van der Waals surface area contributed by atoms with E-state index in [-0.39, 0.29) is 0 Å². The van der Waals surface area contributed by atoms with E-state index in [1.165, 1.54) is 23.3 Å². The molecular formula is C6H12O2Zn. The van der Waals surface area contributed by atoms with Crippen LogP contribution in [-0.4, -0.2) is 5.97 Å². The number of carboxylic acid groups (broad SMARTS) is 1. The molecule has 0 saturated carbocycles. The quantitative estimate of drug-likeness (QED) is 0.548. The Morgan fingerprint density at radius 2 is 1.78 bits per heavy atom. The van der Waals surface area contributed by atoms with E-state index >= 15 is 0 Å². The molecule has 3 heteroatoms. The number of rotatable bonds is 1. The number of hydrogen-bond donors (Lipinski definition) is 0. The molecule has 0 N–H and O–H groups in total. The second-order valence-corrected chi connectivity index (χ2v) is 3.39. The molecule has 0 spiro atoms. The van der Waals surface area contributed by atoms with Crippen molar-refractivity contribution in [1.29, 1.82) is 0 Å². The Morgan fingerprint density at radius 3 is 1.78 bits per heavy atom. The normalized spacial score (nSPS) is 8.22. The fourth-order valence-electron chi connectivity index (χ4n) is 0. The van der Waals surface area contributed by atoms with Crippen LogP contribution in [0.25, 0.3) is 0 Å². The zero-order valence-corrected chi connectivity index (χ0v) is 9.28. The molecule has 0 aromatic heterocycles. The van der Waals surface area contributed by atoms with E-state index in [2.05, 4.69) is 13.8 Å². The average Bonchev–Trinajstić information content (AvgIpc) is 1.65. The van der Waals surface area contributed by atoms with E-state index in [4.69, 9.17) is 9.90 Å². The summed E-state index contributed by atoms with van der Waals surface area (Å²) in [6.07, 6.45) is 0. The van der Waals surface area contributed by atoms with Crippen molar-refractivity contribution in [2.45, 2.75) is 25.8 Å². The van der Waals surface area contributed by atoms with E-state index < -0.39 is 5.97 Å². The molecule has 0 radical (unpaired) electrons. The van der Waals surface area contributed by atoms with Crippen LogP contribution >= 0.6 is 0 Å². The van der Waals surface area contributed by atoms with Gasteiger partial charge in [-0.2, -0.15) is 0 Å². The molecule has 0 heterocycles. The van der Waals surface area contributed by atoms with Crippen molar-refractivity contribution in [3.05, 3.63) is 0 Å². The zero-order chi connectivity index (χ0) is 7.86. The Kier molecular flexibility index (Phi) is 10.6. The second kappa shape index (κ2) is 8.09. The number of aliphatic carboxylic acids is 1. The molecule has 2 nitrogen and oxygen atoms in total. The van der Waals surface area contributed by atoms with Crippen LogP contribution in [0.15, 0.2) is 0 Å². The maximum absolute atomic E-state index is 8.89. The fourth-order valence-corrected chi connectivity index (χ4v) is 0. The van der Waals surface area contributed by atoms with Gasteiger partial charge in [-0.3, -0.25) is 0 Å². The molecule has 0 aliphatic heterocycles. The minimum atomic E-state index is -1.08. The summed E-state index contributed by atoms with van der Waals surface area (Å²) in [5.41, 5.74) is 0. The molecule has 0 aliphatic rings. The van der Waals surface area contributed by atoms with Crippen molar-refractivity contribution in [2.75, 3.05) is 0 Å². The molecule has 0 amide bonds. The van der Waals surface area contributed by atoms with Gasteiger partial charge in [0, 0.05) is 5.97 Å². The van der Waals surface area contributed by atoms with Crippen LogP contribution in [0.5, 0.6) is 0 Å². The average molecular weight is 182 g/mol.